The van der Waals surface area contributed by atoms with Crippen LogP contribution in [0.5, 0.6) is 0 Å². The first kappa shape index (κ1) is 20.8. The van der Waals surface area contributed by atoms with Gasteiger partial charge in [-0.3, -0.25) is 14.5 Å². The molecule has 2 fully saturated rings. The van der Waals surface area contributed by atoms with E-state index < -0.39 is 0 Å². The fourth-order valence-electron chi connectivity index (χ4n) is 4.63. The number of ether oxygens (including phenoxy) is 1. The highest BCUT2D eigenvalue weighted by Gasteiger charge is 2.45. The van der Waals surface area contributed by atoms with Gasteiger partial charge in [-0.2, -0.15) is 0 Å². The number of hydrogen-bond donors (Lipinski definition) is 0. The number of likely N-dealkylation sites (N-methyl/N-ethyl adjacent to an activating group) is 2. The summed E-state index contributed by atoms with van der Waals surface area (Å²) in [5.41, 5.74) is 1.22. The number of piperidine rings is 2. The maximum Gasteiger partial charge on any atom is 0.236 e. The monoisotopic (exact) mass is 387 g/mol. The van der Waals surface area contributed by atoms with Gasteiger partial charge in [-0.15, -0.1) is 0 Å². The Labute approximate surface area is 168 Å². The third kappa shape index (κ3) is 4.73. The number of carbonyl (C=O) groups excluding carboxylic acids is 2. The van der Waals surface area contributed by atoms with E-state index in [4.69, 9.17) is 4.74 Å². The molecule has 2 aliphatic heterocycles. The molecule has 154 valence electrons. The van der Waals surface area contributed by atoms with Gasteiger partial charge in [0.2, 0.25) is 11.8 Å². The first-order chi connectivity index (χ1) is 13.4. The van der Waals surface area contributed by atoms with Crippen LogP contribution in [0.4, 0.5) is 0 Å². The van der Waals surface area contributed by atoms with Gasteiger partial charge >= 0.3 is 0 Å². The summed E-state index contributed by atoms with van der Waals surface area (Å²) in [4.78, 5) is 31.3. The zero-order valence-corrected chi connectivity index (χ0v) is 17.4. The normalized spacial score (nSPS) is 22.1. The number of methoxy groups -OCH3 is 1. The zero-order chi connectivity index (χ0) is 20.1. The minimum absolute atomic E-state index is 0.0672. The summed E-state index contributed by atoms with van der Waals surface area (Å²) in [5, 5.41) is 0. The van der Waals surface area contributed by atoms with Gasteiger partial charge in [0.05, 0.1) is 19.1 Å². The Kier molecular flexibility index (Phi) is 6.73. The van der Waals surface area contributed by atoms with Gasteiger partial charge in [-0.25, -0.2) is 0 Å². The van der Waals surface area contributed by atoms with Crippen LogP contribution >= 0.6 is 0 Å². The molecule has 2 heterocycles. The van der Waals surface area contributed by atoms with Gasteiger partial charge in [0.1, 0.15) is 0 Å². The molecule has 2 saturated heterocycles. The van der Waals surface area contributed by atoms with Crippen LogP contribution in [0.1, 0.15) is 30.7 Å². The fourth-order valence-corrected chi connectivity index (χ4v) is 4.63. The minimum atomic E-state index is -0.0672. The average molecular weight is 388 g/mol. The van der Waals surface area contributed by atoms with E-state index in [1.165, 1.54) is 0 Å². The molecule has 28 heavy (non-hydrogen) atoms. The summed E-state index contributed by atoms with van der Waals surface area (Å²) in [6.07, 6.45) is 2.80. The first-order valence-corrected chi connectivity index (χ1v) is 10.2. The van der Waals surface area contributed by atoms with Gasteiger partial charge < -0.3 is 14.5 Å². The highest BCUT2D eigenvalue weighted by molar-refractivity contribution is 5.84. The molecule has 3 rings (SSSR count). The lowest BCUT2D eigenvalue weighted by Crippen LogP contribution is -2.54. The van der Waals surface area contributed by atoms with Crippen LogP contribution in [0.25, 0.3) is 0 Å². The van der Waals surface area contributed by atoms with Crippen molar-refractivity contribution >= 4 is 11.8 Å². The Morgan fingerprint density at radius 3 is 2.57 bits per heavy atom. The molecular weight excluding hydrogens is 354 g/mol. The lowest BCUT2D eigenvalue weighted by atomic mass is 9.67. The Morgan fingerprint density at radius 1 is 1.25 bits per heavy atom. The number of likely N-dealkylation sites (tertiary alicyclic amines) is 2. The van der Waals surface area contributed by atoms with E-state index in [0.717, 1.165) is 51.0 Å². The molecule has 1 atom stereocenters. The molecule has 0 radical (unpaired) electrons. The van der Waals surface area contributed by atoms with Crippen LogP contribution in [0.15, 0.2) is 30.3 Å². The van der Waals surface area contributed by atoms with Crippen LogP contribution in [0.3, 0.4) is 0 Å². The summed E-state index contributed by atoms with van der Waals surface area (Å²) in [6, 6.07) is 10.1. The Morgan fingerprint density at radius 2 is 1.93 bits per heavy atom. The van der Waals surface area contributed by atoms with Crippen molar-refractivity contribution in [2.24, 2.45) is 5.41 Å². The summed E-state index contributed by atoms with van der Waals surface area (Å²) in [6.45, 7) is 4.17. The Hall–Kier alpha value is -1.92. The van der Waals surface area contributed by atoms with Crippen LogP contribution in [-0.2, 0) is 14.3 Å². The molecule has 6 heteroatoms. The van der Waals surface area contributed by atoms with Crippen molar-refractivity contribution in [3.05, 3.63) is 35.9 Å². The van der Waals surface area contributed by atoms with Crippen molar-refractivity contribution in [1.29, 1.82) is 0 Å². The lowest BCUT2D eigenvalue weighted by molar-refractivity contribution is -0.143. The molecule has 2 amide bonds. The molecule has 1 unspecified atom stereocenters. The molecule has 6 nitrogen and oxygen atoms in total. The van der Waals surface area contributed by atoms with E-state index in [2.05, 4.69) is 12.1 Å². The molecule has 0 saturated carbocycles. The van der Waals surface area contributed by atoms with Crippen LogP contribution < -0.4 is 0 Å². The minimum Gasteiger partial charge on any atom is -0.383 e. The Bertz CT molecular complexity index is 671. The van der Waals surface area contributed by atoms with E-state index in [9.17, 15) is 9.59 Å². The molecule has 1 aromatic rings. The Balaban J connectivity index is 1.61. The van der Waals surface area contributed by atoms with Crippen molar-refractivity contribution in [3.8, 4) is 0 Å². The predicted molar refractivity (Wildman–Crippen MR) is 109 cm³/mol. The summed E-state index contributed by atoms with van der Waals surface area (Å²) >= 11 is 0. The number of rotatable bonds is 6. The van der Waals surface area contributed by atoms with E-state index in [1.54, 1.807) is 7.11 Å². The van der Waals surface area contributed by atoms with Crippen molar-refractivity contribution in [1.82, 2.24) is 14.7 Å². The molecule has 1 aromatic carbocycles. The molecular formula is C22H33N3O3. The molecule has 0 N–H and O–H groups in total. The smallest absolute Gasteiger partial charge is 0.236 e. The summed E-state index contributed by atoms with van der Waals surface area (Å²) in [5.74, 6) is 0.339. The van der Waals surface area contributed by atoms with Gasteiger partial charge in [0, 0.05) is 40.3 Å². The number of nitrogens with zero attached hydrogens (tertiary/aromatic N) is 3. The van der Waals surface area contributed by atoms with Crippen LogP contribution in [-0.4, -0.2) is 87.0 Å². The second kappa shape index (κ2) is 9.05. The summed E-state index contributed by atoms with van der Waals surface area (Å²) < 4.78 is 5.08. The molecule has 0 aliphatic carbocycles. The number of hydrogen-bond acceptors (Lipinski definition) is 4. The van der Waals surface area contributed by atoms with E-state index in [0.29, 0.717) is 13.2 Å². The summed E-state index contributed by atoms with van der Waals surface area (Å²) in [7, 11) is 5.55. The third-order valence-corrected chi connectivity index (χ3v) is 6.35. The molecule has 1 spiro atoms. The maximum absolute atomic E-state index is 12.8. The maximum atomic E-state index is 12.8. The van der Waals surface area contributed by atoms with Crippen molar-refractivity contribution in [2.45, 2.75) is 25.2 Å². The fraction of sp³-hybridized carbons (Fsp3) is 0.636. The zero-order valence-electron chi connectivity index (χ0n) is 17.4. The van der Waals surface area contributed by atoms with Gasteiger partial charge in [0.15, 0.2) is 0 Å². The topological polar surface area (TPSA) is 53.1 Å². The highest BCUT2D eigenvalue weighted by Crippen LogP contribution is 2.45. The largest absolute Gasteiger partial charge is 0.383 e. The standard InChI is InChI=1S/C22H33N3O3/c1-23(13-14-28-3)16-20(26)25-11-9-22(10-12-25)15-19(21(27)24(2)17-22)18-7-5-4-6-8-18/h4-8,19H,9-17H2,1-3H3. The first-order valence-electron chi connectivity index (χ1n) is 10.2. The highest BCUT2D eigenvalue weighted by atomic mass is 16.5. The third-order valence-electron chi connectivity index (χ3n) is 6.35. The quantitative estimate of drug-likeness (QED) is 0.747. The number of amides is 2. The van der Waals surface area contributed by atoms with Crippen LogP contribution in [0.2, 0.25) is 0 Å². The second-order valence-corrected chi connectivity index (χ2v) is 8.47. The molecule has 0 aromatic heterocycles. The van der Waals surface area contributed by atoms with E-state index in [1.807, 2.05) is 47.0 Å². The molecule has 2 aliphatic rings. The SMILES string of the molecule is COCCN(C)CC(=O)N1CCC2(CC1)CC(c1ccccc1)C(=O)N(C)C2. The van der Waals surface area contributed by atoms with E-state index in [-0.39, 0.29) is 23.1 Å². The van der Waals surface area contributed by atoms with Gasteiger partial charge in [-0.05, 0) is 37.3 Å². The van der Waals surface area contributed by atoms with Crippen molar-refractivity contribution in [3.63, 3.8) is 0 Å². The van der Waals surface area contributed by atoms with Crippen LogP contribution in [0, 0.1) is 5.41 Å². The average Bonchev–Trinajstić information content (AvgIpc) is 2.70. The predicted octanol–water partition coefficient (Wildman–Crippen LogP) is 1.82. The lowest BCUT2D eigenvalue weighted by Gasteiger charge is -2.49. The van der Waals surface area contributed by atoms with Gasteiger partial charge in [-0.1, -0.05) is 30.3 Å². The molecule has 0 bridgehead atoms. The van der Waals surface area contributed by atoms with Crippen molar-refractivity contribution in [2.75, 3.05) is 60.5 Å². The second-order valence-electron chi connectivity index (χ2n) is 8.47. The van der Waals surface area contributed by atoms with Crippen molar-refractivity contribution < 1.29 is 14.3 Å². The van der Waals surface area contributed by atoms with E-state index >= 15 is 0 Å². The van der Waals surface area contributed by atoms with Gasteiger partial charge in [0.25, 0.3) is 0 Å². The number of benzene rings is 1. The number of carbonyl (C=O) groups is 2.